The first-order valence-corrected chi connectivity index (χ1v) is 6.63. The second-order valence-electron chi connectivity index (χ2n) is 3.50. The topological polar surface area (TPSA) is 32.3 Å². The smallest absolute Gasteiger partial charge is 0.115 e. The number of benzene rings is 1. The molecule has 0 atom stereocenters. The molecule has 2 aromatic rings. The molecule has 0 saturated heterocycles. The van der Waals surface area contributed by atoms with Crippen molar-refractivity contribution in [1.82, 2.24) is 5.32 Å². The molecule has 2 N–H and O–H groups in total. The Morgan fingerprint density at radius 2 is 2.12 bits per heavy atom. The highest BCUT2D eigenvalue weighted by Crippen LogP contribution is 2.19. The van der Waals surface area contributed by atoms with Crippen LogP contribution in [0.1, 0.15) is 10.4 Å². The first-order valence-electron chi connectivity index (χ1n) is 4.95. The fraction of sp³-hybridized carbons (Fsp3) is 0.167. The Kier molecular flexibility index (Phi) is 3.98. The highest BCUT2D eigenvalue weighted by molar-refractivity contribution is 9.10. The summed E-state index contributed by atoms with van der Waals surface area (Å²) in [6.07, 6.45) is 0. The Bertz CT molecular complexity index is 470. The van der Waals surface area contributed by atoms with Crippen LogP contribution in [-0.2, 0) is 13.1 Å². The lowest BCUT2D eigenvalue weighted by Crippen LogP contribution is -2.11. The van der Waals surface area contributed by atoms with Gasteiger partial charge in [-0.15, -0.1) is 11.3 Å². The molecule has 2 nitrogen and oxygen atoms in total. The van der Waals surface area contributed by atoms with Crippen molar-refractivity contribution < 1.29 is 5.11 Å². The molecular weight excluding hydrogens is 286 g/mol. The van der Waals surface area contributed by atoms with Gasteiger partial charge in [-0.1, -0.05) is 12.1 Å². The molecular formula is C12H12BrNOS. The lowest BCUT2D eigenvalue weighted by atomic mass is 10.2. The number of phenols is 1. The summed E-state index contributed by atoms with van der Waals surface area (Å²) in [6.45, 7) is 1.62. The number of thiophene rings is 1. The average Bonchev–Trinajstić information content (AvgIpc) is 2.64. The van der Waals surface area contributed by atoms with Gasteiger partial charge in [-0.25, -0.2) is 0 Å². The van der Waals surface area contributed by atoms with Crippen LogP contribution in [0.15, 0.2) is 40.2 Å². The minimum Gasteiger partial charge on any atom is -0.508 e. The molecule has 0 unspecified atom stereocenters. The number of aromatic hydroxyl groups is 1. The average molecular weight is 298 g/mol. The Morgan fingerprint density at radius 1 is 1.25 bits per heavy atom. The van der Waals surface area contributed by atoms with E-state index in [0.29, 0.717) is 5.75 Å². The third kappa shape index (κ3) is 3.33. The summed E-state index contributed by atoms with van der Waals surface area (Å²) in [6, 6.07) is 9.42. The van der Waals surface area contributed by atoms with E-state index < -0.39 is 0 Å². The molecule has 84 valence electrons. The minimum absolute atomic E-state index is 0.318. The van der Waals surface area contributed by atoms with Crippen molar-refractivity contribution in [3.8, 4) is 5.75 Å². The Hall–Kier alpha value is -0.840. The third-order valence-corrected chi connectivity index (χ3v) is 3.86. The van der Waals surface area contributed by atoms with E-state index >= 15 is 0 Å². The lowest BCUT2D eigenvalue weighted by molar-refractivity contribution is 0.474. The van der Waals surface area contributed by atoms with Crippen LogP contribution in [0.25, 0.3) is 0 Å². The Labute approximate surface area is 107 Å². The van der Waals surface area contributed by atoms with Crippen LogP contribution in [0.5, 0.6) is 5.75 Å². The Balaban J connectivity index is 1.84. The molecule has 4 heteroatoms. The first kappa shape index (κ1) is 11.6. The maximum Gasteiger partial charge on any atom is 0.115 e. The fourth-order valence-electron chi connectivity index (χ4n) is 1.44. The third-order valence-electron chi connectivity index (χ3n) is 2.16. The van der Waals surface area contributed by atoms with Crippen molar-refractivity contribution in [1.29, 1.82) is 0 Å². The van der Waals surface area contributed by atoms with E-state index in [0.717, 1.165) is 23.1 Å². The number of nitrogens with one attached hydrogen (secondary N) is 1. The van der Waals surface area contributed by atoms with Crippen molar-refractivity contribution >= 4 is 27.3 Å². The molecule has 2 rings (SSSR count). The van der Waals surface area contributed by atoms with Gasteiger partial charge < -0.3 is 10.4 Å². The van der Waals surface area contributed by atoms with E-state index in [2.05, 4.69) is 32.7 Å². The van der Waals surface area contributed by atoms with Crippen molar-refractivity contribution in [3.63, 3.8) is 0 Å². The summed E-state index contributed by atoms with van der Waals surface area (Å²) in [7, 11) is 0. The van der Waals surface area contributed by atoms with Crippen LogP contribution < -0.4 is 5.32 Å². The monoisotopic (exact) mass is 297 g/mol. The number of phenolic OH excluding ortho intramolecular Hbond substituents is 1. The van der Waals surface area contributed by atoms with Gasteiger partial charge in [0.2, 0.25) is 0 Å². The van der Waals surface area contributed by atoms with Crippen LogP contribution in [0.4, 0.5) is 0 Å². The summed E-state index contributed by atoms with van der Waals surface area (Å²) in [5.74, 6) is 0.318. The molecule has 0 aliphatic carbocycles. The van der Waals surface area contributed by atoms with E-state index in [1.165, 1.54) is 4.88 Å². The largest absolute Gasteiger partial charge is 0.508 e. The normalized spacial score (nSPS) is 10.6. The van der Waals surface area contributed by atoms with Crippen LogP contribution in [0, 0.1) is 0 Å². The summed E-state index contributed by atoms with van der Waals surface area (Å²) in [5.41, 5.74) is 1.09. The van der Waals surface area contributed by atoms with Gasteiger partial charge in [0, 0.05) is 27.8 Å². The number of hydrogen-bond donors (Lipinski definition) is 2. The van der Waals surface area contributed by atoms with Gasteiger partial charge in [-0.05, 0) is 39.7 Å². The Morgan fingerprint density at radius 3 is 2.81 bits per heavy atom. The maximum atomic E-state index is 9.30. The molecule has 0 saturated carbocycles. The quantitative estimate of drug-likeness (QED) is 0.905. The van der Waals surface area contributed by atoms with Gasteiger partial charge in [-0.3, -0.25) is 0 Å². The van der Waals surface area contributed by atoms with Gasteiger partial charge in [0.25, 0.3) is 0 Å². The number of hydrogen-bond acceptors (Lipinski definition) is 3. The molecule has 1 aromatic carbocycles. The SMILES string of the molecule is Oc1cccc(CNCc2cc(Br)cs2)c1. The van der Waals surface area contributed by atoms with Crippen LogP contribution in [0.3, 0.4) is 0 Å². The van der Waals surface area contributed by atoms with Crippen LogP contribution >= 0.6 is 27.3 Å². The van der Waals surface area contributed by atoms with Crippen LogP contribution in [-0.4, -0.2) is 5.11 Å². The molecule has 0 bridgehead atoms. The minimum atomic E-state index is 0.318. The highest BCUT2D eigenvalue weighted by Gasteiger charge is 1.98. The summed E-state index contributed by atoms with van der Waals surface area (Å²) in [5, 5.41) is 14.7. The summed E-state index contributed by atoms with van der Waals surface area (Å²) >= 11 is 5.16. The van der Waals surface area contributed by atoms with Crippen molar-refractivity contribution in [2.45, 2.75) is 13.1 Å². The van der Waals surface area contributed by atoms with Crippen LogP contribution in [0.2, 0.25) is 0 Å². The first-order chi connectivity index (χ1) is 7.74. The second kappa shape index (κ2) is 5.48. The van der Waals surface area contributed by atoms with E-state index in [-0.39, 0.29) is 0 Å². The molecule has 1 aromatic heterocycles. The van der Waals surface area contributed by atoms with E-state index in [4.69, 9.17) is 0 Å². The van der Waals surface area contributed by atoms with E-state index in [1.54, 1.807) is 23.5 Å². The highest BCUT2D eigenvalue weighted by atomic mass is 79.9. The molecule has 0 amide bonds. The predicted molar refractivity (Wildman–Crippen MR) is 70.7 cm³/mol. The zero-order valence-electron chi connectivity index (χ0n) is 8.61. The number of rotatable bonds is 4. The van der Waals surface area contributed by atoms with Gasteiger partial charge in [0.15, 0.2) is 0 Å². The van der Waals surface area contributed by atoms with Crippen molar-refractivity contribution in [2.75, 3.05) is 0 Å². The van der Waals surface area contributed by atoms with Crippen molar-refractivity contribution in [2.24, 2.45) is 0 Å². The molecule has 0 spiro atoms. The standard InChI is InChI=1S/C12H12BrNOS/c13-10-5-12(16-8-10)7-14-6-9-2-1-3-11(15)4-9/h1-5,8,14-15H,6-7H2. The van der Waals surface area contributed by atoms with Crippen molar-refractivity contribution in [3.05, 3.63) is 50.6 Å². The molecule has 1 heterocycles. The molecule has 0 aliphatic rings. The number of halogens is 1. The summed E-state index contributed by atoms with van der Waals surface area (Å²) < 4.78 is 1.13. The lowest BCUT2D eigenvalue weighted by Gasteiger charge is -2.03. The molecule has 0 fully saturated rings. The van der Waals surface area contributed by atoms with E-state index in [1.807, 2.05) is 12.1 Å². The van der Waals surface area contributed by atoms with E-state index in [9.17, 15) is 5.11 Å². The van der Waals surface area contributed by atoms with Gasteiger partial charge in [0.1, 0.15) is 5.75 Å². The molecule has 0 radical (unpaired) electrons. The second-order valence-corrected chi connectivity index (χ2v) is 5.42. The molecule has 16 heavy (non-hydrogen) atoms. The van der Waals surface area contributed by atoms with Gasteiger partial charge in [-0.2, -0.15) is 0 Å². The zero-order valence-corrected chi connectivity index (χ0v) is 11.0. The molecule has 0 aliphatic heterocycles. The zero-order chi connectivity index (χ0) is 11.4. The van der Waals surface area contributed by atoms with Gasteiger partial charge >= 0.3 is 0 Å². The maximum absolute atomic E-state index is 9.30. The summed E-state index contributed by atoms with van der Waals surface area (Å²) in [4.78, 5) is 1.30. The predicted octanol–water partition coefficient (Wildman–Crippen LogP) is 3.51. The fourth-order valence-corrected chi connectivity index (χ4v) is 2.86. The van der Waals surface area contributed by atoms with Gasteiger partial charge in [0.05, 0.1) is 0 Å².